The average Bonchev–Trinajstić information content (AvgIpc) is 3.16. The molecule has 0 saturated heterocycles. The van der Waals surface area contributed by atoms with Crippen molar-refractivity contribution in [2.45, 2.75) is 11.5 Å². The van der Waals surface area contributed by atoms with Crippen LogP contribution in [0.2, 0.25) is 0 Å². The average molecular weight is 386 g/mol. The molecule has 0 spiro atoms. The minimum Gasteiger partial charge on any atom is -0.497 e. The monoisotopic (exact) mass is 386 g/mol. The number of nitro benzene ring substituents is 1. The summed E-state index contributed by atoms with van der Waals surface area (Å²) in [6, 6.07) is 12.1. The second kappa shape index (κ2) is 8.59. The van der Waals surface area contributed by atoms with E-state index in [1.165, 1.54) is 12.1 Å². The third kappa shape index (κ3) is 4.59. The van der Waals surface area contributed by atoms with Crippen LogP contribution in [0.5, 0.6) is 11.5 Å². The fourth-order valence-electron chi connectivity index (χ4n) is 2.50. The van der Waals surface area contributed by atoms with E-state index in [0.29, 0.717) is 23.1 Å². The number of hydrogen-bond donors (Lipinski definition) is 0. The smallest absolute Gasteiger partial charge is 0.270 e. The standard InChI is InChI=1S/C19H18N2O5S/c1-24-17-6-3-13(4-7-17)19-20-15(10-26-19)12-27-11-14-9-16(21(22)23)5-8-18(14)25-2/h3-10H,11-12H2,1-2H3. The fourth-order valence-corrected chi connectivity index (χ4v) is 3.39. The Kier molecular flexibility index (Phi) is 5.97. The highest BCUT2D eigenvalue weighted by atomic mass is 32.2. The predicted molar refractivity (Wildman–Crippen MR) is 103 cm³/mol. The number of methoxy groups -OCH3 is 2. The Hall–Kier alpha value is -3.00. The first-order valence-corrected chi connectivity index (χ1v) is 9.24. The van der Waals surface area contributed by atoms with Gasteiger partial charge in [0.2, 0.25) is 5.89 Å². The lowest BCUT2D eigenvalue weighted by molar-refractivity contribution is -0.384. The lowest BCUT2D eigenvalue weighted by atomic mass is 10.2. The first kappa shape index (κ1) is 18.8. The summed E-state index contributed by atoms with van der Waals surface area (Å²) in [7, 11) is 3.17. The highest BCUT2D eigenvalue weighted by molar-refractivity contribution is 7.97. The fraction of sp³-hybridized carbons (Fsp3) is 0.211. The summed E-state index contributed by atoms with van der Waals surface area (Å²) in [5, 5.41) is 11.0. The van der Waals surface area contributed by atoms with E-state index < -0.39 is 4.92 Å². The Morgan fingerprint density at radius 1 is 1.11 bits per heavy atom. The zero-order valence-electron chi connectivity index (χ0n) is 14.9. The molecule has 7 nitrogen and oxygen atoms in total. The highest BCUT2D eigenvalue weighted by Crippen LogP contribution is 2.29. The van der Waals surface area contributed by atoms with Crippen LogP contribution in [-0.2, 0) is 11.5 Å². The zero-order valence-corrected chi connectivity index (χ0v) is 15.7. The van der Waals surface area contributed by atoms with Crippen molar-refractivity contribution in [3.8, 4) is 23.0 Å². The third-order valence-electron chi connectivity index (χ3n) is 3.87. The van der Waals surface area contributed by atoms with Crippen molar-refractivity contribution < 1.29 is 18.8 Å². The normalized spacial score (nSPS) is 10.6. The predicted octanol–water partition coefficient (Wildman–Crippen LogP) is 4.70. The quantitative estimate of drug-likeness (QED) is 0.409. The Labute approximate surface area is 160 Å². The van der Waals surface area contributed by atoms with E-state index in [4.69, 9.17) is 13.9 Å². The molecule has 0 amide bonds. The second-order valence-electron chi connectivity index (χ2n) is 5.62. The van der Waals surface area contributed by atoms with E-state index in [-0.39, 0.29) is 5.69 Å². The number of non-ortho nitro benzene ring substituents is 1. The van der Waals surface area contributed by atoms with Gasteiger partial charge >= 0.3 is 0 Å². The van der Waals surface area contributed by atoms with Gasteiger partial charge in [-0.05, 0) is 30.3 Å². The van der Waals surface area contributed by atoms with Crippen molar-refractivity contribution in [1.29, 1.82) is 0 Å². The van der Waals surface area contributed by atoms with Crippen molar-refractivity contribution in [3.63, 3.8) is 0 Å². The molecule has 0 radical (unpaired) electrons. The summed E-state index contributed by atoms with van der Waals surface area (Å²) in [6.45, 7) is 0. The van der Waals surface area contributed by atoms with E-state index in [2.05, 4.69) is 4.98 Å². The molecule has 0 atom stereocenters. The van der Waals surface area contributed by atoms with Crippen LogP contribution in [0.25, 0.3) is 11.5 Å². The SMILES string of the molecule is COc1ccc(-c2nc(CSCc3cc([N+](=O)[O-])ccc3OC)co2)cc1. The second-order valence-corrected chi connectivity index (χ2v) is 6.60. The topological polar surface area (TPSA) is 87.6 Å². The number of rotatable bonds is 8. The molecular formula is C19H18N2O5S. The van der Waals surface area contributed by atoms with Crippen LogP contribution >= 0.6 is 11.8 Å². The molecule has 8 heteroatoms. The minimum absolute atomic E-state index is 0.0506. The summed E-state index contributed by atoms with van der Waals surface area (Å²) < 4.78 is 16.0. The van der Waals surface area contributed by atoms with E-state index in [0.717, 1.165) is 22.6 Å². The van der Waals surface area contributed by atoms with Gasteiger partial charge in [-0.3, -0.25) is 10.1 Å². The summed E-state index contributed by atoms with van der Waals surface area (Å²) >= 11 is 1.58. The molecule has 1 aromatic heterocycles. The van der Waals surface area contributed by atoms with Gasteiger partial charge in [0.1, 0.15) is 17.8 Å². The molecule has 0 aliphatic carbocycles. The van der Waals surface area contributed by atoms with Gasteiger partial charge in [-0.25, -0.2) is 4.98 Å². The van der Waals surface area contributed by atoms with Gasteiger partial charge < -0.3 is 13.9 Å². The zero-order chi connectivity index (χ0) is 19.2. The molecule has 27 heavy (non-hydrogen) atoms. The van der Waals surface area contributed by atoms with Gasteiger partial charge in [-0.2, -0.15) is 11.8 Å². The van der Waals surface area contributed by atoms with Crippen LogP contribution in [-0.4, -0.2) is 24.1 Å². The maximum absolute atomic E-state index is 11.0. The molecule has 0 aliphatic heterocycles. The number of aromatic nitrogens is 1. The van der Waals surface area contributed by atoms with Gasteiger partial charge in [0.15, 0.2) is 0 Å². The van der Waals surface area contributed by atoms with Crippen LogP contribution in [0.15, 0.2) is 53.1 Å². The van der Waals surface area contributed by atoms with Crippen molar-refractivity contribution in [2.24, 2.45) is 0 Å². The number of oxazole rings is 1. The molecule has 0 fully saturated rings. The molecule has 0 saturated carbocycles. The molecule has 0 bridgehead atoms. The molecule has 3 rings (SSSR count). The molecule has 2 aromatic carbocycles. The third-order valence-corrected chi connectivity index (χ3v) is 4.89. The number of nitro groups is 1. The van der Waals surface area contributed by atoms with Crippen LogP contribution < -0.4 is 9.47 Å². The van der Waals surface area contributed by atoms with Crippen molar-refractivity contribution in [3.05, 3.63) is 70.1 Å². The van der Waals surface area contributed by atoms with Gasteiger partial charge in [-0.15, -0.1) is 0 Å². The van der Waals surface area contributed by atoms with Crippen LogP contribution in [0, 0.1) is 10.1 Å². The maximum Gasteiger partial charge on any atom is 0.270 e. The lowest BCUT2D eigenvalue weighted by Gasteiger charge is -2.07. The Bertz CT molecular complexity index is 924. The van der Waals surface area contributed by atoms with Crippen LogP contribution in [0.1, 0.15) is 11.3 Å². The molecule has 0 aliphatic rings. The minimum atomic E-state index is -0.410. The van der Waals surface area contributed by atoms with Crippen LogP contribution in [0.4, 0.5) is 5.69 Å². The largest absolute Gasteiger partial charge is 0.497 e. The molecule has 0 unspecified atom stereocenters. The van der Waals surface area contributed by atoms with Crippen LogP contribution in [0.3, 0.4) is 0 Å². The van der Waals surface area contributed by atoms with Gasteiger partial charge in [0.25, 0.3) is 5.69 Å². The summed E-state index contributed by atoms with van der Waals surface area (Å²) in [5.74, 6) is 3.13. The number of nitrogens with zero attached hydrogens (tertiary/aromatic N) is 2. The van der Waals surface area contributed by atoms with E-state index in [1.807, 2.05) is 24.3 Å². The van der Waals surface area contributed by atoms with Crippen molar-refractivity contribution in [1.82, 2.24) is 4.98 Å². The maximum atomic E-state index is 11.0. The first-order chi connectivity index (χ1) is 13.1. The van der Waals surface area contributed by atoms with Crippen molar-refractivity contribution in [2.75, 3.05) is 14.2 Å². The van der Waals surface area contributed by atoms with Gasteiger partial charge in [-0.1, -0.05) is 0 Å². The Morgan fingerprint density at radius 2 is 1.89 bits per heavy atom. The number of hydrogen-bond acceptors (Lipinski definition) is 7. The lowest BCUT2D eigenvalue weighted by Crippen LogP contribution is -1.94. The number of thioether (sulfide) groups is 1. The van der Waals surface area contributed by atoms with E-state index >= 15 is 0 Å². The Morgan fingerprint density at radius 3 is 2.56 bits per heavy atom. The van der Waals surface area contributed by atoms with Gasteiger partial charge in [0, 0.05) is 34.8 Å². The number of benzene rings is 2. The van der Waals surface area contributed by atoms with E-state index in [9.17, 15) is 10.1 Å². The van der Waals surface area contributed by atoms with E-state index in [1.54, 1.807) is 38.3 Å². The number of ether oxygens (including phenoxy) is 2. The molecular weight excluding hydrogens is 368 g/mol. The summed E-state index contributed by atoms with van der Waals surface area (Å²) in [4.78, 5) is 15.0. The van der Waals surface area contributed by atoms with Gasteiger partial charge in [0.05, 0.1) is 24.8 Å². The Balaban J connectivity index is 1.63. The first-order valence-electron chi connectivity index (χ1n) is 8.08. The van der Waals surface area contributed by atoms with Crippen molar-refractivity contribution >= 4 is 17.4 Å². The summed E-state index contributed by atoms with van der Waals surface area (Å²) in [6.07, 6.45) is 1.62. The highest BCUT2D eigenvalue weighted by Gasteiger charge is 2.12. The molecule has 0 N–H and O–H groups in total. The molecule has 1 heterocycles. The summed E-state index contributed by atoms with van der Waals surface area (Å²) in [5.41, 5.74) is 2.49. The molecule has 140 valence electrons. The molecule has 3 aromatic rings.